The van der Waals surface area contributed by atoms with Crippen LogP contribution in [0.3, 0.4) is 0 Å². The average molecular weight is 494 g/mol. The van der Waals surface area contributed by atoms with Crippen LogP contribution in [0.4, 0.5) is 0 Å². The molecule has 1 aliphatic heterocycles. The molecule has 4 rings (SSSR count). The summed E-state index contributed by atoms with van der Waals surface area (Å²) in [5.41, 5.74) is 2.42. The Hall–Kier alpha value is -2.97. The number of ether oxygens (including phenoxy) is 1. The van der Waals surface area contributed by atoms with Crippen molar-refractivity contribution in [2.24, 2.45) is 0 Å². The molecule has 0 atom stereocenters. The summed E-state index contributed by atoms with van der Waals surface area (Å²) in [5.74, 6) is 0.591. The van der Waals surface area contributed by atoms with E-state index in [4.69, 9.17) is 17.0 Å². The molecule has 8 heteroatoms. The fraction of sp³-hybridized carbons (Fsp3) is 0.308. The molecule has 1 aliphatic rings. The second-order valence-corrected chi connectivity index (χ2v) is 10.0. The van der Waals surface area contributed by atoms with E-state index in [-0.39, 0.29) is 22.9 Å². The number of benzene rings is 1. The number of thioether (sulfide) groups is 1. The van der Waals surface area contributed by atoms with Gasteiger partial charge in [0, 0.05) is 12.7 Å². The first-order valence-corrected chi connectivity index (χ1v) is 12.6. The van der Waals surface area contributed by atoms with Crippen molar-refractivity contribution in [3.05, 3.63) is 74.5 Å². The third-order valence-electron chi connectivity index (χ3n) is 5.66. The van der Waals surface area contributed by atoms with Crippen molar-refractivity contribution < 1.29 is 9.53 Å². The van der Waals surface area contributed by atoms with Crippen LogP contribution >= 0.6 is 24.0 Å². The van der Waals surface area contributed by atoms with E-state index in [0.717, 1.165) is 36.8 Å². The smallest absolute Gasteiger partial charge is 0.269 e. The Morgan fingerprint density at radius 3 is 2.71 bits per heavy atom. The van der Waals surface area contributed by atoms with Gasteiger partial charge in [-0.15, -0.1) is 0 Å². The lowest BCUT2D eigenvalue weighted by molar-refractivity contribution is -0.122. The summed E-state index contributed by atoms with van der Waals surface area (Å²) in [6.07, 6.45) is 7.43. The van der Waals surface area contributed by atoms with Crippen molar-refractivity contribution in [1.82, 2.24) is 14.3 Å². The molecule has 0 spiro atoms. The van der Waals surface area contributed by atoms with E-state index >= 15 is 0 Å². The highest BCUT2D eigenvalue weighted by atomic mass is 32.2. The minimum absolute atomic E-state index is 0.163. The van der Waals surface area contributed by atoms with E-state index in [1.54, 1.807) is 29.3 Å². The molecular weight excluding hydrogens is 466 g/mol. The Bertz CT molecular complexity index is 1350. The molecule has 176 valence electrons. The van der Waals surface area contributed by atoms with Crippen LogP contribution in [0, 0.1) is 13.8 Å². The standard InChI is InChI=1S/C26H27N3O3S2/c1-4-5-6-8-14-29-25(31)21(34-26(29)33)16-19-23(32-20-12-11-17(2)15-18(20)3)27-22-10-7-9-13-28(22)24(19)30/h7,9-13,15-16H,4-6,8,14H2,1-3H3/b21-16+. The maximum absolute atomic E-state index is 13.4. The quantitative estimate of drug-likeness (QED) is 0.222. The first-order valence-electron chi connectivity index (χ1n) is 11.4. The number of carbonyl (C=O) groups excluding carboxylic acids is 1. The number of nitrogens with zero attached hydrogens (tertiary/aromatic N) is 3. The van der Waals surface area contributed by atoms with Crippen molar-refractivity contribution in [1.29, 1.82) is 0 Å². The van der Waals surface area contributed by atoms with Gasteiger partial charge in [0.25, 0.3) is 11.5 Å². The lowest BCUT2D eigenvalue weighted by Gasteiger charge is -2.14. The van der Waals surface area contributed by atoms with Crippen molar-refractivity contribution >= 4 is 45.9 Å². The number of aryl methyl sites for hydroxylation is 2. The fourth-order valence-electron chi connectivity index (χ4n) is 3.82. The molecule has 0 radical (unpaired) electrons. The number of thiocarbonyl (C=S) groups is 1. The van der Waals surface area contributed by atoms with Crippen LogP contribution in [-0.2, 0) is 4.79 Å². The van der Waals surface area contributed by atoms with Crippen LogP contribution in [0.1, 0.15) is 49.3 Å². The number of amides is 1. The first-order chi connectivity index (χ1) is 16.4. The molecule has 1 amide bonds. The van der Waals surface area contributed by atoms with Gasteiger partial charge in [-0.2, -0.15) is 4.98 Å². The number of fused-ring (bicyclic) bond motifs is 1. The van der Waals surface area contributed by atoms with Gasteiger partial charge in [0.2, 0.25) is 5.88 Å². The maximum atomic E-state index is 13.4. The number of carbonyl (C=O) groups is 1. The normalized spacial score (nSPS) is 15.0. The predicted octanol–water partition coefficient (Wildman–Crippen LogP) is 5.89. The third kappa shape index (κ3) is 5.08. The molecule has 0 aliphatic carbocycles. The van der Waals surface area contributed by atoms with E-state index in [9.17, 15) is 9.59 Å². The van der Waals surface area contributed by atoms with E-state index in [1.165, 1.54) is 16.2 Å². The van der Waals surface area contributed by atoms with E-state index < -0.39 is 0 Å². The number of rotatable bonds is 8. The van der Waals surface area contributed by atoms with Gasteiger partial charge in [-0.25, -0.2) is 0 Å². The molecule has 1 aromatic carbocycles. The highest BCUT2D eigenvalue weighted by Gasteiger charge is 2.32. The van der Waals surface area contributed by atoms with Crippen LogP contribution < -0.4 is 10.3 Å². The summed E-state index contributed by atoms with van der Waals surface area (Å²) in [6, 6.07) is 11.1. The molecule has 0 bridgehead atoms. The zero-order chi connectivity index (χ0) is 24.2. The zero-order valence-corrected chi connectivity index (χ0v) is 21.2. The van der Waals surface area contributed by atoms with Crippen LogP contribution in [0.15, 0.2) is 52.3 Å². The second-order valence-electron chi connectivity index (χ2n) is 8.33. The molecule has 34 heavy (non-hydrogen) atoms. The van der Waals surface area contributed by atoms with Crippen LogP contribution in [-0.4, -0.2) is 31.1 Å². The molecule has 3 aromatic rings. The molecule has 0 unspecified atom stereocenters. The lowest BCUT2D eigenvalue weighted by atomic mass is 10.1. The molecule has 6 nitrogen and oxygen atoms in total. The molecular formula is C26H27N3O3S2. The number of pyridine rings is 1. The van der Waals surface area contributed by atoms with Gasteiger partial charge in [-0.3, -0.25) is 18.9 Å². The van der Waals surface area contributed by atoms with E-state index in [1.807, 2.05) is 38.1 Å². The lowest BCUT2D eigenvalue weighted by Crippen LogP contribution is -2.29. The Morgan fingerprint density at radius 2 is 1.94 bits per heavy atom. The number of aromatic nitrogens is 2. The van der Waals surface area contributed by atoms with Crippen LogP contribution in [0.5, 0.6) is 11.6 Å². The van der Waals surface area contributed by atoms with Gasteiger partial charge in [0.05, 0.1) is 4.91 Å². The summed E-state index contributed by atoms with van der Waals surface area (Å²) in [4.78, 5) is 33.1. The largest absolute Gasteiger partial charge is 0.438 e. The molecule has 0 saturated carbocycles. The van der Waals surface area contributed by atoms with Gasteiger partial charge in [-0.1, -0.05) is 73.9 Å². The number of unbranched alkanes of at least 4 members (excludes halogenated alkanes) is 3. The molecule has 0 N–H and O–H groups in total. The second kappa shape index (κ2) is 10.5. The van der Waals surface area contributed by atoms with Gasteiger partial charge in [-0.05, 0) is 50.1 Å². The van der Waals surface area contributed by atoms with Crippen LogP contribution in [0.25, 0.3) is 11.7 Å². The van der Waals surface area contributed by atoms with E-state index in [2.05, 4.69) is 11.9 Å². The first kappa shape index (κ1) is 24.2. The topological polar surface area (TPSA) is 63.9 Å². The monoisotopic (exact) mass is 493 g/mol. The number of hydrogen-bond acceptors (Lipinski definition) is 6. The van der Waals surface area contributed by atoms with Crippen LogP contribution in [0.2, 0.25) is 0 Å². The molecule has 1 saturated heterocycles. The van der Waals surface area contributed by atoms with Gasteiger partial charge in [0.1, 0.15) is 21.3 Å². The molecule has 3 heterocycles. The summed E-state index contributed by atoms with van der Waals surface area (Å²) in [6.45, 7) is 6.69. The molecule has 2 aromatic heterocycles. The number of hydrogen-bond donors (Lipinski definition) is 0. The van der Waals surface area contributed by atoms with Gasteiger partial charge >= 0.3 is 0 Å². The van der Waals surface area contributed by atoms with E-state index in [0.29, 0.717) is 27.2 Å². The fourth-order valence-corrected chi connectivity index (χ4v) is 5.11. The average Bonchev–Trinajstić information content (AvgIpc) is 3.08. The Kier molecular flexibility index (Phi) is 7.48. The van der Waals surface area contributed by atoms with Gasteiger partial charge in [0.15, 0.2) is 0 Å². The van der Waals surface area contributed by atoms with Crippen molar-refractivity contribution in [2.75, 3.05) is 6.54 Å². The third-order valence-corrected chi connectivity index (χ3v) is 7.03. The summed E-state index contributed by atoms with van der Waals surface area (Å²) < 4.78 is 8.10. The minimum atomic E-state index is -0.307. The van der Waals surface area contributed by atoms with Crippen molar-refractivity contribution in [3.63, 3.8) is 0 Å². The highest BCUT2D eigenvalue weighted by molar-refractivity contribution is 8.26. The van der Waals surface area contributed by atoms with Crippen molar-refractivity contribution in [3.8, 4) is 11.6 Å². The van der Waals surface area contributed by atoms with Gasteiger partial charge < -0.3 is 4.74 Å². The zero-order valence-electron chi connectivity index (χ0n) is 19.5. The molecule has 1 fully saturated rings. The maximum Gasteiger partial charge on any atom is 0.269 e. The highest BCUT2D eigenvalue weighted by Crippen LogP contribution is 2.34. The minimum Gasteiger partial charge on any atom is -0.438 e. The SMILES string of the molecule is CCCCCCN1C(=O)/C(=C\c2c(Oc3ccc(C)cc3C)nc3ccccn3c2=O)SC1=S. The Labute approximate surface area is 208 Å². The summed E-state index contributed by atoms with van der Waals surface area (Å²) >= 11 is 6.67. The summed E-state index contributed by atoms with van der Waals surface area (Å²) in [7, 11) is 0. The Balaban J connectivity index is 1.74. The predicted molar refractivity (Wildman–Crippen MR) is 141 cm³/mol. The summed E-state index contributed by atoms with van der Waals surface area (Å²) in [5, 5.41) is 0. The Morgan fingerprint density at radius 1 is 1.12 bits per heavy atom. The van der Waals surface area contributed by atoms with Crippen molar-refractivity contribution in [2.45, 2.75) is 46.5 Å².